The summed E-state index contributed by atoms with van der Waals surface area (Å²) in [5.74, 6) is 0. The number of rotatable bonds is 0. The maximum absolute atomic E-state index is 9.44. The van der Waals surface area contributed by atoms with Crippen molar-refractivity contribution in [3.8, 4) is 0 Å². The van der Waals surface area contributed by atoms with E-state index in [9.17, 15) is 20.4 Å². The van der Waals surface area contributed by atoms with Gasteiger partial charge in [0.1, 0.15) is 0 Å². The summed E-state index contributed by atoms with van der Waals surface area (Å²) in [5.41, 5.74) is 0. The Bertz CT molecular complexity index is 238. The zero-order chi connectivity index (χ0) is 17.1. The van der Waals surface area contributed by atoms with Crippen LogP contribution < -0.4 is 39.3 Å². The van der Waals surface area contributed by atoms with Gasteiger partial charge in [0.2, 0.25) is 0 Å². The van der Waals surface area contributed by atoms with E-state index >= 15 is 0 Å². The van der Waals surface area contributed by atoms with Crippen LogP contribution in [0.2, 0.25) is 0 Å². The van der Waals surface area contributed by atoms with Gasteiger partial charge in [0.05, 0.1) is 0 Å². The summed E-state index contributed by atoms with van der Waals surface area (Å²) in [6.07, 6.45) is 0. The second kappa shape index (κ2) is 28.3. The topological polar surface area (TPSA) is 140 Å². The van der Waals surface area contributed by atoms with Gasteiger partial charge in [-0.2, -0.15) is 0 Å². The van der Waals surface area contributed by atoms with Crippen LogP contribution in [0.3, 0.4) is 0 Å². The molecule has 0 saturated carbocycles. The third kappa shape index (κ3) is 99.8. The molecule has 0 saturated heterocycles. The Hall–Kier alpha value is 0.160. The minimum atomic E-state index is -0.548. The zero-order valence-corrected chi connectivity index (χ0v) is 16.4. The van der Waals surface area contributed by atoms with E-state index in [2.05, 4.69) is 100 Å². The van der Waals surface area contributed by atoms with E-state index in [1.54, 1.807) is 0 Å². The molecule has 0 aromatic rings. The van der Waals surface area contributed by atoms with Crippen LogP contribution in [0.5, 0.6) is 0 Å². The summed E-state index contributed by atoms with van der Waals surface area (Å²) >= 11 is 29.1. The molecule has 0 unspecified atom stereocenters. The molecule has 0 rings (SSSR count). The quantitative estimate of drug-likeness (QED) is 0.138. The predicted molar refractivity (Wildman–Crippen MR) is 102 cm³/mol. The van der Waals surface area contributed by atoms with Crippen LogP contribution in [0, 0.1) is 7.43 Å². The van der Waals surface area contributed by atoms with Crippen LogP contribution in [0.1, 0.15) is 0 Å². The Morgan fingerprint density at radius 2 is 0.571 bits per heavy atom. The van der Waals surface area contributed by atoms with Crippen LogP contribution in [-0.2, 0) is 0 Å². The normalized spacial score (nSPS) is 6.29. The molecular formula is C5H8N4O4S8. The van der Waals surface area contributed by atoms with E-state index in [1.807, 2.05) is 18.9 Å². The summed E-state index contributed by atoms with van der Waals surface area (Å²) in [6.45, 7) is 0. The van der Waals surface area contributed by atoms with Crippen LogP contribution in [0.4, 0.5) is 0 Å². The second-order valence-corrected chi connectivity index (χ2v) is 3.97. The Labute approximate surface area is 166 Å². The van der Waals surface area contributed by atoms with Crippen molar-refractivity contribution >= 4 is 121 Å². The molecule has 0 fully saturated rings. The molecule has 0 aliphatic rings. The van der Waals surface area contributed by atoms with E-state index < -0.39 is 20.7 Å². The summed E-state index contributed by atoms with van der Waals surface area (Å²) in [6, 6.07) is 0. The molecule has 0 spiro atoms. The summed E-state index contributed by atoms with van der Waals surface area (Å²) in [4.78, 5) is 0. The van der Waals surface area contributed by atoms with Crippen molar-refractivity contribution in [3.05, 3.63) is 7.43 Å². The van der Waals surface area contributed by atoms with Crippen LogP contribution in [-0.4, -0.2) is 20.7 Å². The van der Waals surface area contributed by atoms with E-state index in [1.165, 1.54) is 0 Å². The molecule has 0 amide bonds. The fourth-order valence-electron chi connectivity index (χ4n) is 0. The maximum atomic E-state index is 9.44. The monoisotopic (exact) mass is 444 g/mol. The molecular weight excluding hydrogens is 437 g/mol. The average molecular weight is 445 g/mol. The van der Waals surface area contributed by atoms with Gasteiger partial charge in [0, 0.05) is 20.7 Å². The van der Waals surface area contributed by atoms with Crippen molar-refractivity contribution in [2.45, 2.75) is 0 Å². The molecule has 0 aliphatic heterocycles. The van der Waals surface area contributed by atoms with Gasteiger partial charge < -0.3 is 39.3 Å². The van der Waals surface area contributed by atoms with Gasteiger partial charge >= 0.3 is 7.43 Å². The van der Waals surface area contributed by atoms with Crippen LogP contribution in [0.15, 0.2) is 0 Å². The summed E-state index contributed by atoms with van der Waals surface area (Å²) in [7, 11) is 0. The van der Waals surface area contributed by atoms with Crippen LogP contribution >= 0.6 is 100 Å². The second-order valence-electron chi connectivity index (χ2n) is 1.60. The molecule has 0 heterocycles. The first-order valence-corrected chi connectivity index (χ1v) is 6.95. The SMILES string of the molecule is [C+4].[O-]C(=S)NS.[O-]C(=S)NS.[O-]C(=S)NS.[O-]C(=S)NS. The van der Waals surface area contributed by atoms with E-state index in [-0.39, 0.29) is 7.43 Å². The number of hydrogen-bond donors (Lipinski definition) is 8. The van der Waals surface area contributed by atoms with Gasteiger partial charge in [-0.05, 0) is 0 Å². The van der Waals surface area contributed by atoms with Gasteiger partial charge in [-0.3, -0.25) is 0 Å². The first-order valence-electron chi connectivity index (χ1n) is 3.53. The van der Waals surface area contributed by atoms with Crippen molar-refractivity contribution < 1.29 is 20.4 Å². The van der Waals surface area contributed by atoms with E-state index in [0.717, 1.165) is 0 Å². The van der Waals surface area contributed by atoms with Gasteiger partial charge in [0.15, 0.2) is 0 Å². The minimum Gasteiger partial charge on any atom is -0.852 e. The molecule has 0 aromatic carbocycles. The summed E-state index contributed by atoms with van der Waals surface area (Å²) < 4.78 is 7.59. The molecule has 4 N–H and O–H groups in total. The van der Waals surface area contributed by atoms with Crippen molar-refractivity contribution in [1.29, 1.82) is 0 Å². The fourth-order valence-corrected chi connectivity index (χ4v) is 0. The first-order chi connectivity index (χ1) is 9.08. The zero-order valence-electron chi connectivity index (χ0n) is 9.55. The van der Waals surface area contributed by atoms with E-state index in [4.69, 9.17) is 0 Å². The third-order valence-electron chi connectivity index (χ3n) is 0.365. The number of nitrogens with one attached hydrogen (secondary N) is 4. The summed E-state index contributed by atoms with van der Waals surface area (Å²) in [5, 5.41) is 35.6. The fraction of sp³-hybridized carbons (Fsp3) is 0. The largest absolute Gasteiger partial charge is 4.00 e. The van der Waals surface area contributed by atoms with Crippen molar-refractivity contribution in [3.63, 3.8) is 0 Å². The van der Waals surface area contributed by atoms with Gasteiger partial charge in [-0.1, -0.05) is 100 Å². The molecule has 8 nitrogen and oxygen atoms in total. The van der Waals surface area contributed by atoms with Crippen molar-refractivity contribution in [2.75, 3.05) is 0 Å². The first kappa shape index (κ1) is 32.9. The standard InChI is InChI=1S/4CH3NOS2.C/c4*3-1(4)2-5;/h4*5H,(H2,2,3,4);/q;;;;+4/p-4. The van der Waals surface area contributed by atoms with Gasteiger partial charge in [0.25, 0.3) is 0 Å². The molecule has 0 aliphatic carbocycles. The maximum Gasteiger partial charge on any atom is 4.00 e. The minimum absolute atomic E-state index is 0. The Balaban J connectivity index is -0.0000000533. The van der Waals surface area contributed by atoms with Crippen molar-refractivity contribution in [2.24, 2.45) is 0 Å². The molecule has 16 heteroatoms. The predicted octanol–water partition coefficient (Wildman–Crippen LogP) is -3.65. The molecule has 0 radical (unpaired) electrons. The molecule has 0 bridgehead atoms. The van der Waals surface area contributed by atoms with Gasteiger partial charge in [-0.25, -0.2) is 0 Å². The Kier molecular flexibility index (Phi) is 44.4. The Morgan fingerprint density at radius 3 is 0.571 bits per heavy atom. The number of thiol groups is 4. The average Bonchev–Trinajstić information content (AvgIpc) is 2.40. The Morgan fingerprint density at radius 1 is 0.524 bits per heavy atom. The molecule has 120 valence electrons. The third-order valence-corrected chi connectivity index (χ3v) is 2.19. The van der Waals surface area contributed by atoms with Crippen molar-refractivity contribution in [1.82, 2.24) is 18.9 Å². The smallest absolute Gasteiger partial charge is 0.852 e. The molecule has 0 atom stereocenters. The van der Waals surface area contributed by atoms with Gasteiger partial charge in [-0.15, -0.1) is 0 Å². The van der Waals surface area contributed by atoms with Crippen LogP contribution in [0.25, 0.3) is 0 Å². The molecule has 0 aromatic heterocycles. The number of thiocarbonyl (C=S) groups is 4. The molecule has 21 heavy (non-hydrogen) atoms. The number of hydrogen-bond acceptors (Lipinski definition) is 12. The van der Waals surface area contributed by atoms with E-state index in [0.29, 0.717) is 0 Å².